The van der Waals surface area contributed by atoms with Gasteiger partial charge in [-0.15, -0.1) is 0 Å². The van der Waals surface area contributed by atoms with Gasteiger partial charge in [0.2, 0.25) is 0 Å². The van der Waals surface area contributed by atoms with Gasteiger partial charge >= 0.3 is 0 Å². The van der Waals surface area contributed by atoms with Gasteiger partial charge in [-0.2, -0.15) is 5.10 Å². The van der Waals surface area contributed by atoms with Crippen molar-refractivity contribution in [1.29, 1.82) is 0 Å². The van der Waals surface area contributed by atoms with Crippen LogP contribution in [-0.2, 0) is 6.54 Å². The van der Waals surface area contributed by atoms with Crippen molar-refractivity contribution in [3.8, 4) is 0 Å². The summed E-state index contributed by atoms with van der Waals surface area (Å²) >= 11 is 0. The number of hydrogen-bond acceptors (Lipinski definition) is 2. The number of hydrogen-bond donors (Lipinski definition) is 1. The molecule has 3 nitrogen and oxygen atoms in total. The van der Waals surface area contributed by atoms with E-state index in [4.69, 9.17) is 5.73 Å². The summed E-state index contributed by atoms with van der Waals surface area (Å²) in [6.45, 7) is 1.01. The summed E-state index contributed by atoms with van der Waals surface area (Å²) in [5.41, 5.74) is 5.91. The summed E-state index contributed by atoms with van der Waals surface area (Å²) in [4.78, 5) is 0. The van der Waals surface area contributed by atoms with E-state index >= 15 is 0 Å². The van der Waals surface area contributed by atoms with E-state index in [9.17, 15) is 4.39 Å². The maximum absolute atomic E-state index is 13.3. The Balaban J connectivity index is 2.64. The lowest BCUT2D eigenvalue weighted by molar-refractivity contribution is 0.598. The normalized spacial score (nSPS) is 10.9. The highest BCUT2D eigenvalue weighted by Gasteiger charge is 2.05. The van der Waals surface area contributed by atoms with Crippen molar-refractivity contribution in [2.45, 2.75) is 6.54 Å². The maximum Gasteiger partial charge on any atom is 0.149 e. The summed E-state index contributed by atoms with van der Waals surface area (Å²) < 4.78 is 14.9. The Labute approximate surface area is 75.0 Å². The van der Waals surface area contributed by atoms with E-state index < -0.39 is 0 Å². The molecule has 2 N–H and O–H groups in total. The second-order valence-corrected chi connectivity index (χ2v) is 2.83. The van der Waals surface area contributed by atoms with Gasteiger partial charge in [0.15, 0.2) is 0 Å². The number of nitrogens with zero attached hydrogens (tertiary/aromatic N) is 2. The molecule has 0 amide bonds. The maximum atomic E-state index is 13.3. The van der Waals surface area contributed by atoms with Gasteiger partial charge < -0.3 is 5.73 Å². The molecule has 1 aromatic heterocycles. The number of rotatable bonds is 2. The van der Waals surface area contributed by atoms with Crippen LogP contribution < -0.4 is 5.73 Å². The number of para-hydroxylation sites is 1. The zero-order valence-electron chi connectivity index (χ0n) is 7.07. The predicted octanol–water partition coefficient (Wildman–Crippen LogP) is 1.13. The molecule has 13 heavy (non-hydrogen) atoms. The number of benzene rings is 1. The van der Waals surface area contributed by atoms with Crippen LogP contribution in [0.4, 0.5) is 4.39 Å². The van der Waals surface area contributed by atoms with Crippen LogP contribution in [0.2, 0.25) is 0 Å². The van der Waals surface area contributed by atoms with E-state index in [1.807, 2.05) is 6.07 Å². The fourth-order valence-corrected chi connectivity index (χ4v) is 1.39. The minimum absolute atomic E-state index is 0.247. The molecule has 0 aliphatic rings. The first-order valence-electron chi connectivity index (χ1n) is 4.13. The smallest absolute Gasteiger partial charge is 0.149 e. The predicted molar refractivity (Wildman–Crippen MR) is 48.7 cm³/mol. The molecule has 2 aromatic rings. The van der Waals surface area contributed by atoms with Crippen LogP contribution in [0.25, 0.3) is 10.9 Å². The second-order valence-electron chi connectivity index (χ2n) is 2.83. The van der Waals surface area contributed by atoms with Gasteiger partial charge in [-0.1, -0.05) is 12.1 Å². The van der Waals surface area contributed by atoms with E-state index in [0.29, 0.717) is 18.6 Å². The second kappa shape index (κ2) is 3.14. The van der Waals surface area contributed by atoms with Crippen molar-refractivity contribution in [2.75, 3.05) is 6.54 Å². The molecule has 0 atom stereocenters. The van der Waals surface area contributed by atoms with Crippen molar-refractivity contribution in [3.05, 3.63) is 30.2 Å². The van der Waals surface area contributed by atoms with Gasteiger partial charge in [-0.05, 0) is 6.07 Å². The molecule has 0 fully saturated rings. The van der Waals surface area contributed by atoms with Crippen molar-refractivity contribution in [2.24, 2.45) is 5.73 Å². The van der Waals surface area contributed by atoms with E-state index in [0.717, 1.165) is 5.39 Å². The Morgan fingerprint density at radius 2 is 2.31 bits per heavy atom. The van der Waals surface area contributed by atoms with Crippen LogP contribution in [-0.4, -0.2) is 16.3 Å². The highest BCUT2D eigenvalue weighted by atomic mass is 19.1. The number of aromatic nitrogens is 2. The first-order chi connectivity index (χ1) is 6.33. The lowest BCUT2D eigenvalue weighted by Gasteiger charge is -2.00. The van der Waals surface area contributed by atoms with Crippen LogP contribution in [0.5, 0.6) is 0 Å². The molecule has 1 heterocycles. The van der Waals surface area contributed by atoms with Gasteiger partial charge in [0.1, 0.15) is 11.3 Å². The van der Waals surface area contributed by atoms with Crippen LogP contribution in [0.15, 0.2) is 24.4 Å². The van der Waals surface area contributed by atoms with Crippen molar-refractivity contribution >= 4 is 10.9 Å². The standard InChI is InChI=1S/C9H10FN3/c10-8-3-1-2-7-6-12-13(5-4-11)9(7)8/h1-3,6H,4-5,11H2. The summed E-state index contributed by atoms with van der Waals surface area (Å²) in [6, 6.07) is 4.93. The molecule has 2 rings (SSSR count). The average molecular weight is 179 g/mol. The van der Waals surface area contributed by atoms with Gasteiger partial charge in [0, 0.05) is 11.9 Å². The van der Waals surface area contributed by atoms with Crippen molar-refractivity contribution in [3.63, 3.8) is 0 Å². The highest BCUT2D eigenvalue weighted by molar-refractivity contribution is 5.78. The molecule has 0 bridgehead atoms. The first kappa shape index (κ1) is 8.19. The third-order valence-corrected chi connectivity index (χ3v) is 1.95. The van der Waals surface area contributed by atoms with Crippen LogP contribution >= 0.6 is 0 Å². The van der Waals surface area contributed by atoms with Crippen LogP contribution in [0, 0.1) is 5.82 Å². The molecule has 0 aliphatic carbocycles. The molecule has 1 aromatic carbocycles. The molecule has 68 valence electrons. The lowest BCUT2D eigenvalue weighted by Crippen LogP contribution is -2.11. The quantitative estimate of drug-likeness (QED) is 0.751. The molecule has 0 radical (unpaired) electrons. The highest BCUT2D eigenvalue weighted by Crippen LogP contribution is 2.16. The lowest BCUT2D eigenvalue weighted by atomic mass is 10.2. The zero-order chi connectivity index (χ0) is 9.26. The monoisotopic (exact) mass is 179 g/mol. The van der Waals surface area contributed by atoms with Crippen molar-refractivity contribution < 1.29 is 4.39 Å². The SMILES string of the molecule is NCCn1ncc2cccc(F)c21. The van der Waals surface area contributed by atoms with Gasteiger partial charge in [-0.25, -0.2) is 4.39 Å². The van der Waals surface area contributed by atoms with Gasteiger partial charge in [0.05, 0.1) is 12.7 Å². The molecule has 0 spiro atoms. The third-order valence-electron chi connectivity index (χ3n) is 1.95. The Morgan fingerprint density at radius 3 is 3.08 bits per heavy atom. The summed E-state index contributed by atoms with van der Waals surface area (Å²) in [7, 11) is 0. The van der Waals surface area contributed by atoms with E-state index in [-0.39, 0.29) is 5.82 Å². The molecular weight excluding hydrogens is 169 g/mol. The Morgan fingerprint density at radius 1 is 1.46 bits per heavy atom. The summed E-state index contributed by atoms with van der Waals surface area (Å²) in [5, 5.41) is 4.86. The Bertz CT molecular complexity index is 422. The number of nitrogens with two attached hydrogens (primary N) is 1. The minimum atomic E-state index is -0.247. The molecular formula is C9H10FN3. The molecule has 0 aliphatic heterocycles. The Kier molecular flexibility index (Phi) is 1.98. The largest absolute Gasteiger partial charge is 0.329 e. The topological polar surface area (TPSA) is 43.8 Å². The summed E-state index contributed by atoms with van der Waals surface area (Å²) in [5.74, 6) is -0.247. The Hall–Kier alpha value is -1.42. The average Bonchev–Trinajstić information content (AvgIpc) is 2.51. The van der Waals surface area contributed by atoms with Crippen molar-refractivity contribution in [1.82, 2.24) is 9.78 Å². The molecule has 0 unspecified atom stereocenters. The zero-order valence-corrected chi connectivity index (χ0v) is 7.07. The fraction of sp³-hybridized carbons (Fsp3) is 0.222. The third kappa shape index (κ3) is 1.29. The molecule has 0 saturated carbocycles. The number of halogens is 1. The molecule has 4 heteroatoms. The van der Waals surface area contributed by atoms with Crippen LogP contribution in [0.3, 0.4) is 0 Å². The van der Waals surface area contributed by atoms with Crippen LogP contribution in [0.1, 0.15) is 0 Å². The number of fused-ring (bicyclic) bond motifs is 1. The van der Waals surface area contributed by atoms with E-state index in [1.54, 1.807) is 16.9 Å². The van der Waals surface area contributed by atoms with E-state index in [1.165, 1.54) is 6.07 Å². The van der Waals surface area contributed by atoms with E-state index in [2.05, 4.69) is 5.10 Å². The summed E-state index contributed by atoms with van der Waals surface area (Å²) in [6.07, 6.45) is 1.65. The van der Waals surface area contributed by atoms with Gasteiger partial charge in [0.25, 0.3) is 0 Å². The fourth-order valence-electron chi connectivity index (χ4n) is 1.39. The first-order valence-corrected chi connectivity index (χ1v) is 4.13. The molecule has 0 saturated heterocycles. The minimum Gasteiger partial charge on any atom is -0.329 e. The van der Waals surface area contributed by atoms with Gasteiger partial charge in [-0.3, -0.25) is 4.68 Å².